The summed E-state index contributed by atoms with van der Waals surface area (Å²) < 4.78 is 1.78. The number of carbonyl (C=O) groups is 1. The lowest BCUT2D eigenvalue weighted by molar-refractivity contribution is -0.120. The van der Waals surface area contributed by atoms with E-state index >= 15 is 0 Å². The number of nitrogens with zero attached hydrogens (tertiary/aromatic N) is 2. The Morgan fingerprint density at radius 1 is 1.33 bits per heavy atom. The summed E-state index contributed by atoms with van der Waals surface area (Å²) in [5, 5.41) is 6.83. The van der Waals surface area contributed by atoms with Gasteiger partial charge in [0.2, 0.25) is 5.91 Å². The molecule has 0 aliphatic carbocycles. The average molecular weight is 291 g/mol. The fourth-order valence-electron chi connectivity index (χ4n) is 2.00. The maximum Gasteiger partial charge on any atom is 0.325 e. The minimum absolute atomic E-state index is 0.0734. The summed E-state index contributed by atoms with van der Waals surface area (Å²) in [6.45, 7) is 4.50. The van der Waals surface area contributed by atoms with Crippen molar-refractivity contribution in [3.63, 3.8) is 0 Å². The van der Waals surface area contributed by atoms with Crippen LogP contribution in [0.5, 0.6) is 0 Å². The third-order valence-corrected chi connectivity index (χ3v) is 3.17. The molecule has 0 atom stereocenters. The SMILES string of the molecule is Cc1[nH]c(=O)[nH]c(=O)c1CC(=O)NCCn1nccc1C. The number of amides is 1. The minimum Gasteiger partial charge on any atom is -0.354 e. The van der Waals surface area contributed by atoms with E-state index in [4.69, 9.17) is 0 Å². The van der Waals surface area contributed by atoms with Gasteiger partial charge in [0, 0.05) is 29.7 Å². The fourth-order valence-corrected chi connectivity index (χ4v) is 2.00. The third kappa shape index (κ3) is 3.68. The summed E-state index contributed by atoms with van der Waals surface area (Å²) in [6, 6.07) is 1.88. The van der Waals surface area contributed by atoms with E-state index in [1.165, 1.54) is 0 Å². The first kappa shape index (κ1) is 14.8. The van der Waals surface area contributed by atoms with Gasteiger partial charge in [0.15, 0.2) is 0 Å². The molecule has 0 unspecified atom stereocenters. The van der Waals surface area contributed by atoms with Gasteiger partial charge in [-0.25, -0.2) is 4.79 Å². The highest BCUT2D eigenvalue weighted by atomic mass is 16.2. The first-order valence-electron chi connectivity index (χ1n) is 6.54. The number of hydrogen-bond donors (Lipinski definition) is 3. The van der Waals surface area contributed by atoms with Crippen LogP contribution in [0, 0.1) is 13.8 Å². The van der Waals surface area contributed by atoms with Crippen LogP contribution in [-0.2, 0) is 17.8 Å². The van der Waals surface area contributed by atoms with Crippen molar-refractivity contribution >= 4 is 5.91 Å². The Hall–Kier alpha value is -2.64. The molecule has 21 heavy (non-hydrogen) atoms. The van der Waals surface area contributed by atoms with E-state index < -0.39 is 11.2 Å². The second-order valence-corrected chi connectivity index (χ2v) is 4.73. The Balaban J connectivity index is 1.92. The van der Waals surface area contributed by atoms with Gasteiger partial charge in [-0.3, -0.25) is 19.3 Å². The van der Waals surface area contributed by atoms with Crippen LogP contribution in [0.2, 0.25) is 0 Å². The second kappa shape index (κ2) is 6.21. The van der Waals surface area contributed by atoms with Crippen molar-refractivity contribution in [3.05, 3.63) is 50.1 Å². The van der Waals surface area contributed by atoms with Gasteiger partial charge in [-0.15, -0.1) is 0 Å². The normalized spacial score (nSPS) is 10.6. The Morgan fingerprint density at radius 2 is 2.10 bits per heavy atom. The van der Waals surface area contributed by atoms with E-state index in [9.17, 15) is 14.4 Å². The maximum atomic E-state index is 11.8. The largest absolute Gasteiger partial charge is 0.354 e. The number of rotatable bonds is 5. The number of carbonyl (C=O) groups excluding carboxylic acids is 1. The fraction of sp³-hybridized carbons (Fsp3) is 0.385. The molecular weight excluding hydrogens is 274 g/mol. The molecule has 0 fully saturated rings. The van der Waals surface area contributed by atoms with Gasteiger partial charge in [0.25, 0.3) is 5.56 Å². The molecule has 8 heteroatoms. The van der Waals surface area contributed by atoms with Crippen molar-refractivity contribution in [2.24, 2.45) is 0 Å². The number of hydrogen-bond acceptors (Lipinski definition) is 4. The molecule has 0 aromatic carbocycles. The highest BCUT2D eigenvalue weighted by molar-refractivity contribution is 5.78. The first-order chi connectivity index (χ1) is 9.97. The Kier molecular flexibility index (Phi) is 4.36. The average Bonchev–Trinajstić information content (AvgIpc) is 2.80. The molecule has 112 valence electrons. The molecule has 2 heterocycles. The van der Waals surface area contributed by atoms with Crippen LogP contribution in [0.4, 0.5) is 0 Å². The zero-order valence-electron chi connectivity index (χ0n) is 11.9. The molecule has 0 bridgehead atoms. The van der Waals surface area contributed by atoms with Crippen LogP contribution < -0.4 is 16.6 Å². The van der Waals surface area contributed by atoms with Crippen LogP contribution in [0.25, 0.3) is 0 Å². The lowest BCUT2D eigenvalue weighted by atomic mass is 10.1. The molecule has 2 aromatic rings. The van der Waals surface area contributed by atoms with Crippen molar-refractivity contribution in [1.82, 2.24) is 25.1 Å². The molecule has 0 spiro atoms. The molecule has 0 saturated heterocycles. The van der Waals surface area contributed by atoms with Gasteiger partial charge in [-0.1, -0.05) is 0 Å². The number of aromatic amines is 2. The van der Waals surface area contributed by atoms with Crippen LogP contribution in [0.15, 0.2) is 21.9 Å². The van der Waals surface area contributed by atoms with E-state index in [1.54, 1.807) is 17.8 Å². The van der Waals surface area contributed by atoms with Gasteiger partial charge < -0.3 is 10.3 Å². The molecule has 2 aromatic heterocycles. The molecule has 0 aliphatic rings. The second-order valence-electron chi connectivity index (χ2n) is 4.73. The number of nitrogens with one attached hydrogen (secondary N) is 3. The number of H-pyrrole nitrogens is 2. The molecule has 2 rings (SSSR count). The van der Waals surface area contributed by atoms with E-state index in [0.29, 0.717) is 18.8 Å². The van der Waals surface area contributed by atoms with Crippen LogP contribution in [-0.4, -0.2) is 32.2 Å². The topological polar surface area (TPSA) is 113 Å². The lowest BCUT2D eigenvalue weighted by Crippen LogP contribution is -2.33. The molecular formula is C13H17N5O3. The van der Waals surface area contributed by atoms with E-state index in [0.717, 1.165) is 5.69 Å². The van der Waals surface area contributed by atoms with E-state index in [-0.39, 0.29) is 17.9 Å². The summed E-state index contributed by atoms with van der Waals surface area (Å²) >= 11 is 0. The Labute approximate surface area is 120 Å². The lowest BCUT2D eigenvalue weighted by Gasteiger charge is -2.07. The summed E-state index contributed by atoms with van der Waals surface area (Å²) in [5.41, 5.74) is 0.575. The quantitative estimate of drug-likeness (QED) is 0.671. The van der Waals surface area contributed by atoms with Crippen molar-refractivity contribution in [2.75, 3.05) is 6.54 Å². The summed E-state index contributed by atoms with van der Waals surface area (Å²) in [6.07, 6.45) is 1.62. The van der Waals surface area contributed by atoms with Gasteiger partial charge in [0.05, 0.1) is 13.0 Å². The van der Waals surface area contributed by atoms with Crippen molar-refractivity contribution in [1.29, 1.82) is 0 Å². The first-order valence-corrected chi connectivity index (χ1v) is 6.54. The Morgan fingerprint density at radius 3 is 2.71 bits per heavy atom. The number of aryl methyl sites for hydroxylation is 2. The highest BCUT2D eigenvalue weighted by Crippen LogP contribution is 1.97. The molecule has 0 aliphatic heterocycles. The van der Waals surface area contributed by atoms with Crippen molar-refractivity contribution in [2.45, 2.75) is 26.8 Å². The minimum atomic E-state index is -0.573. The zero-order valence-corrected chi connectivity index (χ0v) is 11.9. The summed E-state index contributed by atoms with van der Waals surface area (Å²) in [5.74, 6) is -0.277. The van der Waals surface area contributed by atoms with Crippen LogP contribution in [0.1, 0.15) is 17.0 Å². The van der Waals surface area contributed by atoms with E-state index in [2.05, 4.69) is 20.4 Å². The third-order valence-electron chi connectivity index (χ3n) is 3.17. The zero-order chi connectivity index (χ0) is 15.4. The molecule has 8 nitrogen and oxygen atoms in total. The molecule has 0 saturated carbocycles. The van der Waals surface area contributed by atoms with Crippen LogP contribution >= 0.6 is 0 Å². The predicted octanol–water partition coefficient (Wildman–Crippen LogP) is -0.765. The predicted molar refractivity (Wildman–Crippen MR) is 76.1 cm³/mol. The van der Waals surface area contributed by atoms with Crippen molar-refractivity contribution < 1.29 is 4.79 Å². The maximum absolute atomic E-state index is 11.8. The Bertz CT molecular complexity index is 756. The monoisotopic (exact) mass is 291 g/mol. The van der Waals surface area contributed by atoms with Gasteiger partial charge in [-0.2, -0.15) is 5.10 Å². The summed E-state index contributed by atoms with van der Waals surface area (Å²) in [4.78, 5) is 39.1. The van der Waals surface area contributed by atoms with E-state index in [1.807, 2.05) is 13.0 Å². The molecule has 1 amide bonds. The smallest absolute Gasteiger partial charge is 0.325 e. The van der Waals surface area contributed by atoms with Gasteiger partial charge in [-0.05, 0) is 19.9 Å². The van der Waals surface area contributed by atoms with Gasteiger partial charge >= 0.3 is 5.69 Å². The van der Waals surface area contributed by atoms with Crippen molar-refractivity contribution in [3.8, 4) is 0 Å². The molecule has 3 N–H and O–H groups in total. The molecule has 0 radical (unpaired) electrons. The standard InChI is InChI=1S/C13H17N5O3/c1-8-3-4-15-18(8)6-5-14-11(19)7-10-9(2)16-13(21)17-12(10)20/h3-4H,5-7H2,1-2H3,(H,14,19)(H2,16,17,20,21). The number of aromatic nitrogens is 4. The van der Waals surface area contributed by atoms with Crippen LogP contribution in [0.3, 0.4) is 0 Å². The highest BCUT2D eigenvalue weighted by Gasteiger charge is 2.11. The summed E-state index contributed by atoms with van der Waals surface area (Å²) in [7, 11) is 0. The van der Waals surface area contributed by atoms with Gasteiger partial charge in [0.1, 0.15) is 0 Å².